The maximum absolute atomic E-state index is 13.2. The molecule has 0 saturated heterocycles. The van der Waals surface area contributed by atoms with E-state index >= 15 is 0 Å². The van der Waals surface area contributed by atoms with Gasteiger partial charge in [-0.1, -0.05) is 36.4 Å². The summed E-state index contributed by atoms with van der Waals surface area (Å²) >= 11 is 0. The third kappa shape index (κ3) is 2.33. The van der Waals surface area contributed by atoms with Crippen LogP contribution in [-0.2, 0) is 6.54 Å². The van der Waals surface area contributed by atoms with Crippen molar-refractivity contribution in [3.8, 4) is 0 Å². The quantitative estimate of drug-likeness (QED) is 0.808. The second-order valence-electron chi connectivity index (χ2n) is 5.10. The number of alkyl halides is 1. The summed E-state index contributed by atoms with van der Waals surface area (Å²) in [5.41, 5.74) is 2.27. The molecule has 0 aromatic heterocycles. The highest BCUT2D eigenvalue weighted by atomic mass is 19.1. The summed E-state index contributed by atoms with van der Waals surface area (Å²) in [7, 11) is 0. The topological polar surface area (TPSA) is 37.4 Å². The number of hydrogen-bond acceptors (Lipinski definition) is 2. The normalized spacial score (nSPS) is 15.2. The molecule has 3 rings (SSSR count). The van der Waals surface area contributed by atoms with Gasteiger partial charge < -0.3 is 0 Å². The van der Waals surface area contributed by atoms with Gasteiger partial charge >= 0.3 is 0 Å². The van der Waals surface area contributed by atoms with Crippen molar-refractivity contribution in [1.82, 2.24) is 4.90 Å². The number of nitrogens with zero attached hydrogens (tertiary/aromatic N) is 1. The summed E-state index contributed by atoms with van der Waals surface area (Å²) < 4.78 is 13.2. The van der Waals surface area contributed by atoms with Crippen LogP contribution in [0.4, 0.5) is 4.39 Å². The van der Waals surface area contributed by atoms with Gasteiger partial charge in [0.1, 0.15) is 6.17 Å². The van der Waals surface area contributed by atoms with Gasteiger partial charge in [0.05, 0.1) is 17.7 Å². The third-order valence-corrected chi connectivity index (χ3v) is 3.66. The lowest BCUT2D eigenvalue weighted by Crippen LogP contribution is -2.29. The van der Waals surface area contributed by atoms with E-state index in [0.717, 1.165) is 5.56 Å². The van der Waals surface area contributed by atoms with E-state index in [1.54, 1.807) is 48.5 Å². The van der Waals surface area contributed by atoms with Crippen molar-refractivity contribution in [2.45, 2.75) is 19.6 Å². The minimum absolute atomic E-state index is 0.202. The number of hydrogen-bond donors (Lipinski definition) is 0. The van der Waals surface area contributed by atoms with Crippen LogP contribution >= 0.6 is 0 Å². The molecule has 1 aliphatic heterocycles. The molecule has 1 atom stereocenters. The summed E-state index contributed by atoms with van der Waals surface area (Å²) in [4.78, 5) is 25.7. The van der Waals surface area contributed by atoms with Gasteiger partial charge in [0, 0.05) is 0 Å². The lowest BCUT2D eigenvalue weighted by Gasteiger charge is -2.14. The summed E-state index contributed by atoms with van der Waals surface area (Å²) in [5.74, 6) is -0.558. The second-order valence-corrected chi connectivity index (χ2v) is 5.10. The number of benzene rings is 2. The van der Waals surface area contributed by atoms with Crippen molar-refractivity contribution < 1.29 is 14.0 Å². The van der Waals surface area contributed by atoms with Crippen molar-refractivity contribution in [2.75, 3.05) is 0 Å². The monoisotopic (exact) mass is 283 g/mol. The summed E-state index contributed by atoms with van der Waals surface area (Å²) in [5, 5.41) is 0. The predicted molar refractivity (Wildman–Crippen MR) is 76.6 cm³/mol. The van der Waals surface area contributed by atoms with E-state index in [1.807, 2.05) is 0 Å². The Morgan fingerprint density at radius 2 is 1.48 bits per heavy atom. The molecular formula is C17H14FNO2. The van der Waals surface area contributed by atoms with Crippen molar-refractivity contribution in [1.29, 1.82) is 0 Å². The molecule has 2 aromatic rings. The Morgan fingerprint density at radius 1 is 0.952 bits per heavy atom. The number of rotatable bonds is 3. The molecule has 21 heavy (non-hydrogen) atoms. The Labute approximate surface area is 122 Å². The molecule has 0 radical (unpaired) electrons. The number of carbonyl (C=O) groups excluding carboxylic acids is 2. The van der Waals surface area contributed by atoms with E-state index in [2.05, 4.69) is 0 Å². The highest BCUT2D eigenvalue weighted by Crippen LogP contribution is 2.25. The minimum Gasteiger partial charge on any atom is -0.270 e. The largest absolute Gasteiger partial charge is 0.270 e. The Kier molecular flexibility index (Phi) is 3.29. The van der Waals surface area contributed by atoms with Crippen LogP contribution in [0.5, 0.6) is 0 Å². The van der Waals surface area contributed by atoms with Crippen molar-refractivity contribution in [3.63, 3.8) is 0 Å². The zero-order chi connectivity index (χ0) is 15.0. The first-order valence-corrected chi connectivity index (χ1v) is 6.76. The standard InChI is InChI=1S/C17H14FNO2/c1-11(18)13-8-6-12(7-9-13)10-19-16(20)14-4-2-3-5-15(14)17(19)21/h2-9,11H,10H2,1H3/t11-/m1/s1. The van der Waals surface area contributed by atoms with Crippen LogP contribution in [-0.4, -0.2) is 16.7 Å². The third-order valence-electron chi connectivity index (χ3n) is 3.66. The van der Waals surface area contributed by atoms with Gasteiger partial charge in [0.15, 0.2) is 0 Å². The number of imide groups is 1. The van der Waals surface area contributed by atoms with Gasteiger partial charge in [-0.2, -0.15) is 0 Å². The van der Waals surface area contributed by atoms with Crippen LogP contribution in [0.25, 0.3) is 0 Å². The minimum atomic E-state index is -1.03. The van der Waals surface area contributed by atoms with Crippen molar-refractivity contribution in [3.05, 3.63) is 70.8 Å². The fourth-order valence-electron chi connectivity index (χ4n) is 2.45. The lowest BCUT2D eigenvalue weighted by atomic mass is 10.1. The number of fused-ring (bicyclic) bond motifs is 1. The number of amides is 2. The average Bonchev–Trinajstić information content (AvgIpc) is 2.73. The van der Waals surface area contributed by atoms with Crippen LogP contribution in [0.1, 0.15) is 44.9 Å². The van der Waals surface area contributed by atoms with E-state index in [4.69, 9.17) is 0 Å². The Balaban J connectivity index is 1.83. The molecule has 0 fully saturated rings. The van der Waals surface area contributed by atoms with Gasteiger partial charge in [0.25, 0.3) is 11.8 Å². The summed E-state index contributed by atoms with van der Waals surface area (Å²) in [6, 6.07) is 13.6. The first kappa shape index (κ1) is 13.5. The van der Waals surface area contributed by atoms with Crippen LogP contribution in [0, 0.1) is 0 Å². The molecule has 1 aliphatic rings. The molecule has 4 heteroatoms. The molecule has 106 valence electrons. The summed E-state index contributed by atoms with van der Waals surface area (Å²) in [6.07, 6.45) is -1.03. The molecule has 0 unspecified atom stereocenters. The van der Waals surface area contributed by atoms with Crippen LogP contribution in [0.3, 0.4) is 0 Å². The molecular weight excluding hydrogens is 269 g/mol. The van der Waals surface area contributed by atoms with Gasteiger partial charge in [0.2, 0.25) is 0 Å². The van der Waals surface area contributed by atoms with E-state index in [1.165, 1.54) is 11.8 Å². The van der Waals surface area contributed by atoms with Gasteiger partial charge in [-0.05, 0) is 30.2 Å². The smallest absolute Gasteiger partial charge is 0.261 e. The predicted octanol–water partition coefficient (Wildman–Crippen LogP) is 3.51. The fraction of sp³-hybridized carbons (Fsp3) is 0.176. The van der Waals surface area contributed by atoms with Gasteiger partial charge in [-0.15, -0.1) is 0 Å². The Morgan fingerprint density at radius 3 is 1.95 bits per heavy atom. The van der Waals surface area contributed by atoms with Gasteiger partial charge in [-0.3, -0.25) is 14.5 Å². The number of carbonyl (C=O) groups is 2. The van der Waals surface area contributed by atoms with E-state index in [0.29, 0.717) is 16.7 Å². The molecule has 1 heterocycles. The molecule has 2 amide bonds. The molecule has 0 saturated carbocycles. The van der Waals surface area contributed by atoms with E-state index in [-0.39, 0.29) is 18.4 Å². The second kappa shape index (κ2) is 5.13. The molecule has 2 aromatic carbocycles. The van der Waals surface area contributed by atoms with Crippen LogP contribution < -0.4 is 0 Å². The molecule has 0 aliphatic carbocycles. The Bertz CT molecular complexity index is 672. The average molecular weight is 283 g/mol. The molecule has 3 nitrogen and oxygen atoms in total. The SMILES string of the molecule is C[C@@H](F)c1ccc(CN2C(=O)c3ccccc3C2=O)cc1. The first-order chi connectivity index (χ1) is 10.1. The zero-order valence-electron chi connectivity index (χ0n) is 11.5. The Hall–Kier alpha value is -2.49. The maximum atomic E-state index is 13.2. The number of halogens is 1. The maximum Gasteiger partial charge on any atom is 0.261 e. The van der Waals surface area contributed by atoms with Crippen LogP contribution in [0.15, 0.2) is 48.5 Å². The summed E-state index contributed by atoms with van der Waals surface area (Å²) in [6.45, 7) is 1.67. The molecule has 0 N–H and O–H groups in total. The van der Waals surface area contributed by atoms with Crippen molar-refractivity contribution >= 4 is 11.8 Å². The highest BCUT2D eigenvalue weighted by molar-refractivity contribution is 6.21. The highest BCUT2D eigenvalue weighted by Gasteiger charge is 2.34. The molecule has 0 bridgehead atoms. The van der Waals surface area contributed by atoms with Crippen LogP contribution in [0.2, 0.25) is 0 Å². The first-order valence-electron chi connectivity index (χ1n) is 6.76. The van der Waals surface area contributed by atoms with E-state index in [9.17, 15) is 14.0 Å². The van der Waals surface area contributed by atoms with E-state index < -0.39 is 6.17 Å². The van der Waals surface area contributed by atoms with Gasteiger partial charge in [-0.25, -0.2) is 4.39 Å². The molecule has 0 spiro atoms. The fourth-order valence-corrected chi connectivity index (χ4v) is 2.45. The van der Waals surface area contributed by atoms with Crippen molar-refractivity contribution in [2.24, 2.45) is 0 Å². The zero-order valence-corrected chi connectivity index (χ0v) is 11.5. The lowest BCUT2D eigenvalue weighted by molar-refractivity contribution is 0.0642.